The SMILES string of the molecule is O=C(CCc1cccs1)NCc1ccc(F)cc1F. The molecule has 0 radical (unpaired) electrons. The molecule has 0 unspecified atom stereocenters. The molecule has 0 aliphatic carbocycles. The van der Waals surface area contributed by atoms with Gasteiger partial charge in [-0.15, -0.1) is 11.3 Å². The van der Waals surface area contributed by atoms with E-state index in [1.807, 2.05) is 17.5 Å². The van der Waals surface area contributed by atoms with Gasteiger partial charge in [-0.3, -0.25) is 4.79 Å². The fourth-order valence-corrected chi connectivity index (χ4v) is 2.35. The largest absolute Gasteiger partial charge is 0.352 e. The van der Waals surface area contributed by atoms with Crippen LogP contribution in [0.15, 0.2) is 35.7 Å². The summed E-state index contributed by atoms with van der Waals surface area (Å²) in [5, 5.41) is 4.58. The van der Waals surface area contributed by atoms with Crippen LogP contribution < -0.4 is 5.32 Å². The molecule has 0 saturated heterocycles. The molecule has 1 heterocycles. The highest BCUT2D eigenvalue weighted by Crippen LogP contribution is 2.11. The van der Waals surface area contributed by atoms with Crippen molar-refractivity contribution < 1.29 is 13.6 Å². The van der Waals surface area contributed by atoms with Crippen LogP contribution in [0, 0.1) is 11.6 Å². The maximum absolute atomic E-state index is 13.3. The highest BCUT2D eigenvalue weighted by molar-refractivity contribution is 7.09. The number of hydrogen-bond acceptors (Lipinski definition) is 2. The van der Waals surface area contributed by atoms with Crippen molar-refractivity contribution in [3.8, 4) is 0 Å². The number of thiophene rings is 1. The molecule has 1 aromatic carbocycles. The first kappa shape index (κ1) is 13.7. The molecule has 1 amide bonds. The minimum Gasteiger partial charge on any atom is -0.352 e. The summed E-state index contributed by atoms with van der Waals surface area (Å²) in [6, 6.07) is 7.23. The normalized spacial score (nSPS) is 10.4. The van der Waals surface area contributed by atoms with Crippen LogP contribution in [0.1, 0.15) is 16.9 Å². The number of amides is 1. The third-order valence-electron chi connectivity index (χ3n) is 2.67. The number of carbonyl (C=O) groups is 1. The lowest BCUT2D eigenvalue weighted by molar-refractivity contribution is -0.121. The van der Waals surface area contributed by atoms with E-state index < -0.39 is 11.6 Å². The van der Waals surface area contributed by atoms with Gasteiger partial charge in [0.05, 0.1) is 0 Å². The summed E-state index contributed by atoms with van der Waals surface area (Å²) < 4.78 is 26.0. The Morgan fingerprint density at radius 3 is 2.79 bits per heavy atom. The average molecular weight is 281 g/mol. The third-order valence-corrected chi connectivity index (χ3v) is 3.61. The van der Waals surface area contributed by atoms with E-state index in [4.69, 9.17) is 0 Å². The van der Waals surface area contributed by atoms with Crippen molar-refractivity contribution in [2.24, 2.45) is 0 Å². The fraction of sp³-hybridized carbons (Fsp3) is 0.214. The van der Waals surface area contributed by atoms with Gasteiger partial charge in [-0.1, -0.05) is 12.1 Å². The summed E-state index contributed by atoms with van der Waals surface area (Å²) in [5.74, 6) is -1.40. The van der Waals surface area contributed by atoms with Crippen LogP contribution in [0.5, 0.6) is 0 Å². The molecule has 2 aromatic rings. The second-order valence-electron chi connectivity index (χ2n) is 4.09. The van der Waals surface area contributed by atoms with Gasteiger partial charge in [-0.25, -0.2) is 8.78 Å². The molecule has 0 spiro atoms. The van der Waals surface area contributed by atoms with E-state index in [9.17, 15) is 13.6 Å². The molecular formula is C14H13F2NOS. The van der Waals surface area contributed by atoms with Crippen LogP contribution in [0.3, 0.4) is 0 Å². The van der Waals surface area contributed by atoms with E-state index in [-0.39, 0.29) is 18.0 Å². The summed E-state index contributed by atoms with van der Waals surface area (Å²) in [6.45, 7) is 0.0788. The van der Waals surface area contributed by atoms with E-state index in [0.29, 0.717) is 12.8 Å². The molecule has 19 heavy (non-hydrogen) atoms. The monoisotopic (exact) mass is 281 g/mol. The molecule has 1 aromatic heterocycles. The summed E-state index contributed by atoms with van der Waals surface area (Å²) in [6.07, 6.45) is 1.04. The van der Waals surface area contributed by atoms with E-state index in [2.05, 4.69) is 5.32 Å². The lowest BCUT2D eigenvalue weighted by atomic mass is 10.2. The van der Waals surface area contributed by atoms with Crippen molar-refractivity contribution in [1.82, 2.24) is 5.32 Å². The van der Waals surface area contributed by atoms with Gasteiger partial charge in [0.1, 0.15) is 11.6 Å². The zero-order chi connectivity index (χ0) is 13.7. The van der Waals surface area contributed by atoms with Gasteiger partial charge in [0, 0.05) is 29.5 Å². The quantitative estimate of drug-likeness (QED) is 0.895. The second-order valence-corrected chi connectivity index (χ2v) is 5.12. The molecule has 2 nitrogen and oxygen atoms in total. The molecule has 0 aliphatic rings. The van der Waals surface area contributed by atoms with Crippen molar-refractivity contribution in [3.05, 3.63) is 57.8 Å². The lowest BCUT2D eigenvalue weighted by Crippen LogP contribution is -2.23. The Hall–Kier alpha value is -1.75. The number of aryl methyl sites for hydroxylation is 1. The lowest BCUT2D eigenvalue weighted by Gasteiger charge is -2.06. The van der Waals surface area contributed by atoms with E-state index in [1.54, 1.807) is 11.3 Å². The first-order valence-electron chi connectivity index (χ1n) is 5.88. The minimum absolute atomic E-state index is 0.0788. The van der Waals surface area contributed by atoms with Gasteiger partial charge >= 0.3 is 0 Å². The van der Waals surface area contributed by atoms with Gasteiger partial charge in [0.15, 0.2) is 0 Å². The topological polar surface area (TPSA) is 29.1 Å². The number of benzene rings is 1. The van der Waals surface area contributed by atoms with Crippen molar-refractivity contribution in [1.29, 1.82) is 0 Å². The Morgan fingerprint density at radius 1 is 1.26 bits per heavy atom. The zero-order valence-electron chi connectivity index (χ0n) is 10.2. The Balaban J connectivity index is 1.80. The molecule has 1 N–H and O–H groups in total. The highest BCUT2D eigenvalue weighted by atomic mass is 32.1. The van der Waals surface area contributed by atoms with Gasteiger partial charge < -0.3 is 5.32 Å². The summed E-state index contributed by atoms with van der Waals surface area (Å²) in [5.41, 5.74) is 0.283. The van der Waals surface area contributed by atoms with Crippen LogP contribution >= 0.6 is 11.3 Å². The number of carbonyl (C=O) groups excluding carboxylic acids is 1. The van der Waals surface area contributed by atoms with Crippen molar-refractivity contribution >= 4 is 17.2 Å². The van der Waals surface area contributed by atoms with Crippen LogP contribution in [-0.4, -0.2) is 5.91 Å². The van der Waals surface area contributed by atoms with Gasteiger partial charge in [0.25, 0.3) is 0 Å². The van der Waals surface area contributed by atoms with E-state index >= 15 is 0 Å². The standard InChI is InChI=1S/C14H13F2NOS/c15-11-4-3-10(13(16)8-11)9-17-14(18)6-5-12-2-1-7-19-12/h1-4,7-8H,5-6,9H2,(H,17,18). The van der Waals surface area contributed by atoms with Crippen LogP contribution in [-0.2, 0) is 17.8 Å². The number of hydrogen-bond donors (Lipinski definition) is 1. The predicted octanol–water partition coefficient (Wildman–Crippen LogP) is 3.28. The molecule has 0 fully saturated rings. The molecule has 0 bridgehead atoms. The molecule has 0 atom stereocenters. The summed E-state index contributed by atoms with van der Waals surface area (Å²) in [4.78, 5) is 12.7. The first-order valence-corrected chi connectivity index (χ1v) is 6.76. The Bertz CT molecular complexity index is 555. The van der Waals surface area contributed by atoms with Crippen molar-refractivity contribution in [2.45, 2.75) is 19.4 Å². The van der Waals surface area contributed by atoms with Crippen LogP contribution in [0.25, 0.3) is 0 Å². The summed E-state index contributed by atoms with van der Waals surface area (Å²) >= 11 is 1.60. The number of rotatable bonds is 5. The van der Waals surface area contributed by atoms with Crippen LogP contribution in [0.4, 0.5) is 8.78 Å². The maximum Gasteiger partial charge on any atom is 0.220 e. The van der Waals surface area contributed by atoms with Crippen molar-refractivity contribution in [3.63, 3.8) is 0 Å². The average Bonchev–Trinajstić information content (AvgIpc) is 2.88. The molecular weight excluding hydrogens is 268 g/mol. The number of nitrogens with one attached hydrogen (secondary N) is 1. The highest BCUT2D eigenvalue weighted by Gasteiger charge is 2.06. The Labute approximate surface area is 114 Å². The van der Waals surface area contributed by atoms with Crippen molar-refractivity contribution in [2.75, 3.05) is 0 Å². The van der Waals surface area contributed by atoms with E-state index in [0.717, 1.165) is 10.9 Å². The molecule has 100 valence electrons. The molecule has 0 saturated carbocycles. The minimum atomic E-state index is -0.640. The summed E-state index contributed by atoms with van der Waals surface area (Å²) in [7, 11) is 0. The third kappa shape index (κ3) is 4.13. The van der Waals surface area contributed by atoms with E-state index in [1.165, 1.54) is 12.1 Å². The number of halogens is 2. The Morgan fingerprint density at radius 2 is 2.11 bits per heavy atom. The second kappa shape index (κ2) is 6.43. The van der Waals surface area contributed by atoms with Gasteiger partial charge in [0.2, 0.25) is 5.91 Å². The first-order chi connectivity index (χ1) is 9.15. The smallest absolute Gasteiger partial charge is 0.220 e. The fourth-order valence-electron chi connectivity index (χ4n) is 1.64. The van der Waals surface area contributed by atoms with Crippen LogP contribution in [0.2, 0.25) is 0 Å². The van der Waals surface area contributed by atoms with Gasteiger partial charge in [-0.05, 0) is 23.9 Å². The van der Waals surface area contributed by atoms with Gasteiger partial charge in [-0.2, -0.15) is 0 Å². The molecule has 5 heteroatoms. The predicted molar refractivity (Wildman–Crippen MR) is 70.8 cm³/mol. The maximum atomic E-state index is 13.3. The molecule has 2 rings (SSSR count). The molecule has 0 aliphatic heterocycles. The zero-order valence-corrected chi connectivity index (χ0v) is 11.0. The Kier molecular flexibility index (Phi) is 4.63.